The molecular weight excluding hydrogens is 685 g/mol. The van der Waals surface area contributed by atoms with Gasteiger partial charge in [-0.1, -0.05) is 239 Å². The Labute approximate surface area is 342 Å². The van der Waals surface area contributed by atoms with Crippen molar-refractivity contribution in [1.82, 2.24) is 0 Å². The fourth-order valence-corrected chi connectivity index (χ4v) is 7.38. The monoisotopic (exact) mass is 779 g/mol. The van der Waals surface area contributed by atoms with Crippen molar-refractivity contribution in [3.63, 3.8) is 0 Å². The van der Waals surface area contributed by atoms with Crippen LogP contribution in [0.4, 0.5) is 0 Å². The number of carbonyl (C=O) groups excluding carboxylic acids is 3. The highest BCUT2D eigenvalue weighted by atomic mass is 16.6. The third kappa shape index (κ3) is 43.4. The molecule has 0 spiro atoms. The van der Waals surface area contributed by atoms with E-state index in [4.69, 9.17) is 14.2 Å². The summed E-state index contributed by atoms with van der Waals surface area (Å²) in [7, 11) is 0. The van der Waals surface area contributed by atoms with E-state index in [1.54, 1.807) is 0 Å². The maximum atomic E-state index is 12.7. The van der Waals surface area contributed by atoms with Gasteiger partial charge in [0.25, 0.3) is 0 Å². The summed E-state index contributed by atoms with van der Waals surface area (Å²) in [6, 6.07) is 0. The minimum Gasteiger partial charge on any atom is -0.462 e. The number of hydrogen-bond donors (Lipinski definition) is 0. The zero-order chi connectivity index (χ0) is 40.1. The quantitative estimate of drug-likeness (QED) is 0.0348. The Kier molecular flexibility index (Phi) is 43.8. The normalized spacial score (nSPS) is 11.8. The molecule has 0 aromatic carbocycles. The van der Waals surface area contributed by atoms with Crippen molar-refractivity contribution in [3.8, 4) is 0 Å². The number of carbonyl (C=O) groups is 3. The first-order valence-electron chi connectivity index (χ1n) is 24.5. The van der Waals surface area contributed by atoms with Crippen LogP contribution in [0.3, 0.4) is 0 Å². The van der Waals surface area contributed by atoms with Crippen molar-refractivity contribution in [3.05, 3.63) is 0 Å². The van der Waals surface area contributed by atoms with E-state index in [0.29, 0.717) is 19.3 Å². The third-order valence-corrected chi connectivity index (χ3v) is 11.1. The van der Waals surface area contributed by atoms with E-state index < -0.39 is 6.10 Å². The van der Waals surface area contributed by atoms with Gasteiger partial charge in [0.05, 0.1) is 0 Å². The van der Waals surface area contributed by atoms with Crippen molar-refractivity contribution in [1.29, 1.82) is 0 Å². The lowest BCUT2D eigenvalue weighted by molar-refractivity contribution is -0.167. The van der Waals surface area contributed by atoms with Gasteiger partial charge in [-0.05, 0) is 19.3 Å². The van der Waals surface area contributed by atoms with Gasteiger partial charge >= 0.3 is 17.9 Å². The summed E-state index contributed by atoms with van der Waals surface area (Å²) in [5.74, 6) is -0.851. The van der Waals surface area contributed by atoms with Crippen LogP contribution >= 0.6 is 0 Å². The van der Waals surface area contributed by atoms with Crippen LogP contribution in [0.5, 0.6) is 0 Å². The van der Waals surface area contributed by atoms with Crippen LogP contribution in [-0.4, -0.2) is 37.2 Å². The summed E-state index contributed by atoms with van der Waals surface area (Å²) in [6.07, 6.45) is 46.6. The maximum Gasteiger partial charge on any atom is 0.306 e. The average molecular weight is 779 g/mol. The van der Waals surface area contributed by atoms with E-state index in [2.05, 4.69) is 20.8 Å². The van der Waals surface area contributed by atoms with Gasteiger partial charge in [-0.25, -0.2) is 0 Å². The van der Waals surface area contributed by atoms with E-state index in [0.717, 1.165) is 57.8 Å². The molecule has 0 unspecified atom stereocenters. The topological polar surface area (TPSA) is 78.9 Å². The molecule has 0 rings (SSSR count). The second-order valence-corrected chi connectivity index (χ2v) is 16.7. The first-order chi connectivity index (χ1) is 27.0. The fraction of sp³-hybridized carbons (Fsp3) is 0.939. The highest BCUT2D eigenvalue weighted by Crippen LogP contribution is 2.16. The molecule has 0 amide bonds. The van der Waals surface area contributed by atoms with E-state index >= 15 is 0 Å². The molecule has 1 atom stereocenters. The molecule has 0 N–H and O–H groups in total. The molecule has 0 aliphatic heterocycles. The Balaban J connectivity index is 4.19. The first-order valence-corrected chi connectivity index (χ1v) is 24.5. The maximum absolute atomic E-state index is 12.7. The van der Waals surface area contributed by atoms with Gasteiger partial charge in [0.1, 0.15) is 13.2 Å². The summed E-state index contributed by atoms with van der Waals surface area (Å²) in [5.41, 5.74) is 0. The first kappa shape index (κ1) is 53.4. The second kappa shape index (κ2) is 45.1. The average Bonchev–Trinajstić information content (AvgIpc) is 3.18. The molecule has 6 nitrogen and oxygen atoms in total. The minimum absolute atomic E-state index is 0.0626. The van der Waals surface area contributed by atoms with Crippen molar-refractivity contribution < 1.29 is 28.6 Å². The van der Waals surface area contributed by atoms with Crippen LogP contribution in [0, 0.1) is 0 Å². The molecule has 0 aromatic heterocycles. The molecule has 0 radical (unpaired) electrons. The third-order valence-electron chi connectivity index (χ3n) is 11.1. The van der Waals surface area contributed by atoms with Crippen molar-refractivity contribution >= 4 is 17.9 Å². The molecule has 6 heteroatoms. The summed E-state index contributed by atoms with van der Waals surface area (Å²) >= 11 is 0. The number of unbranched alkanes of at least 4 members (excludes halogenated alkanes) is 34. The smallest absolute Gasteiger partial charge is 0.306 e. The molecule has 0 aliphatic carbocycles. The molecule has 0 aromatic rings. The van der Waals surface area contributed by atoms with E-state index in [9.17, 15) is 14.4 Å². The summed E-state index contributed by atoms with van der Waals surface area (Å²) in [5, 5.41) is 0. The van der Waals surface area contributed by atoms with Gasteiger partial charge in [0, 0.05) is 19.3 Å². The van der Waals surface area contributed by atoms with E-state index in [1.165, 1.54) is 180 Å². The van der Waals surface area contributed by atoms with Crippen molar-refractivity contribution in [2.24, 2.45) is 0 Å². The highest BCUT2D eigenvalue weighted by molar-refractivity contribution is 5.71. The van der Waals surface area contributed by atoms with Gasteiger partial charge in [0.2, 0.25) is 0 Å². The molecule has 0 aliphatic rings. The lowest BCUT2D eigenvalue weighted by Crippen LogP contribution is -2.30. The summed E-state index contributed by atoms with van der Waals surface area (Å²) in [4.78, 5) is 37.7. The van der Waals surface area contributed by atoms with Gasteiger partial charge in [-0.3, -0.25) is 14.4 Å². The van der Waals surface area contributed by atoms with Crippen molar-refractivity contribution in [2.45, 2.75) is 284 Å². The predicted molar refractivity (Wildman–Crippen MR) is 233 cm³/mol. The minimum atomic E-state index is -0.757. The number of esters is 3. The Morgan fingerprint density at radius 2 is 0.491 bits per heavy atom. The molecule has 0 heterocycles. The van der Waals surface area contributed by atoms with Crippen LogP contribution in [0.25, 0.3) is 0 Å². The largest absolute Gasteiger partial charge is 0.462 e. The van der Waals surface area contributed by atoms with Crippen LogP contribution in [0.15, 0.2) is 0 Å². The van der Waals surface area contributed by atoms with Crippen LogP contribution < -0.4 is 0 Å². The zero-order valence-corrected chi connectivity index (χ0v) is 37.2. The molecule has 0 saturated heterocycles. The van der Waals surface area contributed by atoms with Gasteiger partial charge < -0.3 is 14.2 Å². The predicted octanol–water partition coefficient (Wildman–Crippen LogP) is 15.6. The molecular formula is C49H94O6. The van der Waals surface area contributed by atoms with Crippen LogP contribution in [-0.2, 0) is 28.6 Å². The molecule has 326 valence electrons. The molecule has 0 bridgehead atoms. The van der Waals surface area contributed by atoms with Gasteiger partial charge in [-0.15, -0.1) is 0 Å². The Morgan fingerprint density at radius 3 is 0.727 bits per heavy atom. The lowest BCUT2D eigenvalue weighted by atomic mass is 10.0. The SMILES string of the molecule is CCCCCCCCCCCCCCCCCCCCC(=O)OC[C@H](COC(=O)CCCCCCCCCCCC)OC(=O)CCCCCCCCCCC. The molecule has 0 fully saturated rings. The Morgan fingerprint density at radius 1 is 0.291 bits per heavy atom. The molecule has 55 heavy (non-hydrogen) atoms. The number of rotatable bonds is 45. The molecule has 0 saturated carbocycles. The summed E-state index contributed by atoms with van der Waals surface area (Å²) < 4.78 is 16.7. The van der Waals surface area contributed by atoms with Crippen LogP contribution in [0.1, 0.15) is 278 Å². The number of ether oxygens (including phenoxy) is 3. The Hall–Kier alpha value is -1.59. The Bertz CT molecular complexity index is 813. The zero-order valence-electron chi connectivity index (χ0n) is 37.2. The standard InChI is InChI=1S/C49H94O6/c1-4-7-10-13-16-19-21-22-23-24-25-26-27-28-31-33-36-39-42-48(51)54-45-46(55-49(52)43-40-37-34-29-18-15-12-9-6-3)44-53-47(50)41-38-35-32-30-20-17-14-11-8-5-2/h46H,4-45H2,1-3H3/t46-/m0/s1. The van der Waals surface area contributed by atoms with Gasteiger partial charge in [0.15, 0.2) is 6.10 Å². The second-order valence-electron chi connectivity index (χ2n) is 16.7. The van der Waals surface area contributed by atoms with E-state index in [-0.39, 0.29) is 31.1 Å². The van der Waals surface area contributed by atoms with Crippen LogP contribution in [0.2, 0.25) is 0 Å². The van der Waals surface area contributed by atoms with Gasteiger partial charge in [-0.2, -0.15) is 0 Å². The lowest BCUT2D eigenvalue weighted by Gasteiger charge is -2.18. The highest BCUT2D eigenvalue weighted by Gasteiger charge is 2.19. The van der Waals surface area contributed by atoms with E-state index in [1.807, 2.05) is 0 Å². The van der Waals surface area contributed by atoms with Crippen molar-refractivity contribution in [2.75, 3.05) is 13.2 Å². The summed E-state index contributed by atoms with van der Waals surface area (Å²) in [6.45, 7) is 6.64. The number of hydrogen-bond acceptors (Lipinski definition) is 6. The fourth-order valence-electron chi connectivity index (χ4n) is 7.38.